The number of rotatable bonds is 14. The zero-order chi connectivity index (χ0) is 21.5. The van der Waals surface area contributed by atoms with Crippen LogP contribution in [0.2, 0.25) is 0 Å². The van der Waals surface area contributed by atoms with Crippen molar-refractivity contribution in [1.29, 1.82) is 0 Å². The van der Waals surface area contributed by atoms with Gasteiger partial charge in [0.2, 0.25) is 0 Å². The summed E-state index contributed by atoms with van der Waals surface area (Å²) in [6.07, 6.45) is 15.7. The molecule has 0 aliphatic rings. The molecular weight excluding hydrogens is 362 g/mol. The first-order valence-electron chi connectivity index (χ1n) is 11.1. The molecule has 0 saturated heterocycles. The van der Waals surface area contributed by atoms with Gasteiger partial charge in [-0.05, 0) is 36.6 Å². The molecule has 2 atom stereocenters. The van der Waals surface area contributed by atoms with Crippen molar-refractivity contribution in [3.8, 4) is 12.3 Å². The number of benzene rings is 1. The Bertz CT molecular complexity index is 645. The molecule has 4 heteroatoms. The highest BCUT2D eigenvalue weighted by Crippen LogP contribution is 2.13. The molecule has 29 heavy (non-hydrogen) atoms. The van der Waals surface area contributed by atoms with Gasteiger partial charge in [0.1, 0.15) is 6.04 Å². The summed E-state index contributed by atoms with van der Waals surface area (Å²) in [4.78, 5) is 25.1. The van der Waals surface area contributed by atoms with E-state index in [0.29, 0.717) is 17.7 Å². The highest BCUT2D eigenvalue weighted by Gasteiger charge is 2.27. The number of esters is 1. The predicted molar refractivity (Wildman–Crippen MR) is 119 cm³/mol. The first-order valence-corrected chi connectivity index (χ1v) is 11.1. The van der Waals surface area contributed by atoms with Crippen LogP contribution in [0.3, 0.4) is 0 Å². The van der Waals surface area contributed by atoms with E-state index in [-0.39, 0.29) is 17.8 Å². The van der Waals surface area contributed by atoms with Crippen molar-refractivity contribution in [3.63, 3.8) is 0 Å². The molecule has 1 N–H and O–H groups in total. The number of nitrogens with one attached hydrogen (secondary N) is 1. The average molecular weight is 400 g/mol. The Balaban J connectivity index is 2.43. The zero-order valence-electron chi connectivity index (χ0n) is 18.3. The van der Waals surface area contributed by atoms with Crippen molar-refractivity contribution in [2.24, 2.45) is 5.92 Å². The molecule has 0 radical (unpaired) electrons. The summed E-state index contributed by atoms with van der Waals surface area (Å²) in [5, 5.41) is 2.84. The lowest BCUT2D eigenvalue weighted by molar-refractivity contribution is -0.147. The molecule has 0 aliphatic heterocycles. The molecule has 160 valence electrons. The number of terminal acetylenes is 1. The maximum Gasteiger partial charge on any atom is 0.328 e. The lowest BCUT2D eigenvalue weighted by atomic mass is 9.98. The Labute approximate surface area is 176 Å². The van der Waals surface area contributed by atoms with Gasteiger partial charge in [-0.3, -0.25) is 4.79 Å². The topological polar surface area (TPSA) is 55.4 Å². The van der Waals surface area contributed by atoms with E-state index >= 15 is 0 Å². The minimum Gasteiger partial charge on any atom is -0.464 e. The molecular formula is C25H37NO3. The van der Waals surface area contributed by atoms with Gasteiger partial charge in [-0.1, -0.05) is 78.1 Å². The maximum atomic E-state index is 12.6. The molecule has 1 aromatic rings. The zero-order valence-corrected chi connectivity index (χ0v) is 18.3. The number of hydrogen-bond acceptors (Lipinski definition) is 3. The molecule has 1 aromatic carbocycles. The Kier molecular flexibility index (Phi) is 12.5. The fraction of sp³-hybridized carbons (Fsp3) is 0.600. The van der Waals surface area contributed by atoms with Crippen LogP contribution >= 0.6 is 0 Å². The third-order valence-electron chi connectivity index (χ3n) is 5.31. The molecule has 0 fully saturated rings. The quantitative estimate of drug-likeness (QED) is 0.255. The largest absolute Gasteiger partial charge is 0.464 e. The smallest absolute Gasteiger partial charge is 0.328 e. The van der Waals surface area contributed by atoms with Crippen LogP contribution in [0, 0.1) is 18.3 Å². The van der Waals surface area contributed by atoms with E-state index in [1.54, 1.807) is 24.3 Å². The van der Waals surface area contributed by atoms with Crippen molar-refractivity contribution in [2.45, 2.75) is 84.6 Å². The second-order valence-corrected chi connectivity index (χ2v) is 7.70. The van der Waals surface area contributed by atoms with Crippen molar-refractivity contribution in [1.82, 2.24) is 5.32 Å². The van der Waals surface area contributed by atoms with Crippen LogP contribution in [-0.4, -0.2) is 24.5 Å². The lowest BCUT2D eigenvalue weighted by Crippen LogP contribution is -2.46. The molecule has 0 spiro atoms. The first-order chi connectivity index (χ1) is 14.0. The van der Waals surface area contributed by atoms with Crippen LogP contribution < -0.4 is 5.32 Å². The van der Waals surface area contributed by atoms with Gasteiger partial charge in [-0.2, -0.15) is 0 Å². The van der Waals surface area contributed by atoms with Crippen LogP contribution in [0.4, 0.5) is 0 Å². The van der Waals surface area contributed by atoms with E-state index < -0.39 is 6.04 Å². The van der Waals surface area contributed by atoms with Gasteiger partial charge in [-0.15, -0.1) is 6.42 Å². The van der Waals surface area contributed by atoms with Gasteiger partial charge in [0.25, 0.3) is 5.91 Å². The maximum absolute atomic E-state index is 12.6. The normalized spacial score (nSPS) is 12.6. The molecule has 0 aromatic heterocycles. The Morgan fingerprint density at radius 3 is 2.14 bits per heavy atom. The first kappa shape index (κ1) is 24.8. The van der Waals surface area contributed by atoms with E-state index in [2.05, 4.69) is 18.2 Å². The number of carbonyl (C=O) groups excluding carboxylic acids is 2. The fourth-order valence-corrected chi connectivity index (χ4v) is 3.11. The summed E-state index contributed by atoms with van der Waals surface area (Å²) < 4.78 is 5.47. The number of amides is 1. The molecule has 0 aliphatic carbocycles. The standard InChI is InChI=1S/C25H37NO3/c1-5-8-9-10-11-12-13-14-19-29-25(28)23(20(4)6-2)26-24(27)22-17-15-21(7-3)16-18-22/h3,15-18,20,23H,5-6,8-14,19H2,1-2,4H3,(H,26,27)/t20-,23-/m0/s1. The van der Waals surface area contributed by atoms with Crippen molar-refractivity contribution in [3.05, 3.63) is 35.4 Å². The van der Waals surface area contributed by atoms with E-state index in [9.17, 15) is 9.59 Å². The average Bonchev–Trinajstić information content (AvgIpc) is 2.75. The number of ether oxygens (including phenoxy) is 1. The van der Waals surface area contributed by atoms with E-state index in [0.717, 1.165) is 19.3 Å². The molecule has 4 nitrogen and oxygen atoms in total. The summed E-state index contributed by atoms with van der Waals surface area (Å²) in [6.45, 7) is 6.58. The molecule has 1 rings (SSSR count). The minimum absolute atomic E-state index is 0.00463. The molecule has 0 bridgehead atoms. The predicted octanol–water partition coefficient (Wildman–Crippen LogP) is 5.50. The van der Waals surface area contributed by atoms with Crippen LogP contribution in [-0.2, 0) is 9.53 Å². The van der Waals surface area contributed by atoms with Gasteiger partial charge in [-0.25, -0.2) is 4.79 Å². The second-order valence-electron chi connectivity index (χ2n) is 7.70. The number of hydrogen-bond donors (Lipinski definition) is 1. The summed E-state index contributed by atoms with van der Waals surface area (Å²) in [7, 11) is 0. The van der Waals surface area contributed by atoms with Crippen LogP contribution in [0.25, 0.3) is 0 Å². The van der Waals surface area contributed by atoms with Gasteiger partial charge in [0, 0.05) is 11.1 Å². The molecule has 1 amide bonds. The molecule has 0 saturated carbocycles. The Hall–Kier alpha value is -2.28. The molecule has 0 heterocycles. The van der Waals surface area contributed by atoms with Crippen molar-refractivity contribution >= 4 is 11.9 Å². The number of unbranched alkanes of at least 4 members (excludes halogenated alkanes) is 7. The number of carbonyl (C=O) groups is 2. The fourth-order valence-electron chi connectivity index (χ4n) is 3.11. The lowest BCUT2D eigenvalue weighted by Gasteiger charge is -2.22. The summed E-state index contributed by atoms with van der Waals surface area (Å²) in [6, 6.07) is 6.13. The monoisotopic (exact) mass is 399 g/mol. The Morgan fingerprint density at radius 1 is 1.00 bits per heavy atom. The summed E-state index contributed by atoms with van der Waals surface area (Å²) in [5.74, 6) is 1.88. The van der Waals surface area contributed by atoms with E-state index in [1.165, 1.54) is 38.5 Å². The summed E-state index contributed by atoms with van der Waals surface area (Å²) >= 11 is 0. The van der Waals surface area contributed by atoms with Crippen LogP contribution in [0.15, 0.2) is 24.3 Å². The minimum atomic E-state index is -0.645. The third kappa shape index (κ3) is 9.65. The third-order valence-corrected chi connectivity index (χ3v) is 5.31. The van der Waals surface area contributed by atoms with E-state index in [4.69, 9.17) is 11.2 Å². The Morgan fingerprint density at radius 2 is 1.59 bits per heavy atom. The van der Waals surface area contributed by atoms with Gasteiger partial charge in [0.05, 0.1) is 6.61 Å². The second kappa shape index (κ2) is 14.7. The highest BCUT2D eigenvalue weighted by atomic mass is 16.5. The van der Waals surface area contributed by atoms with E-state index in [1.807, 2.05) is 13.8 Å². The van der Waals surface area contributed by atoms with Crippen molar-refractivity contribution < 1.29 is 14.3 Å². The summed E-state index contributed by atoms with van der Waals surface area (Å²) in [5.41, 5.74) is 1.19. The van der Waals surface area contributed by atoms with Crippen LogP contribution in [0.1, 0.15) is 94.5 Å². The van der Waals surface area contributed by atoms with Crippen LogP contribution in [0.5, 0.6) is 0 Å². The highest BCUT2D eigenvalue weighted by molar-refractivity contribution is 5.96. The van der Waals surface area contributed by atoms with Gasteiger partial charge >= 0.3 is 5.97 Å². The van der Waals surface area contributed by atoms with Crippen molar-refractivity contribution in [2.75, 3.05) is 6.61 Å². The SMILES string of the molecule is C#Cc1ccc(C(=O)N[C@H](C(=O)OCCCCCCCCCC)[C@@H](C)CC)cc1. The van der Waals surface area contributed by atoms with Gasteiger partial charge < -0.3 is 10.1 Å². The van der Waals surface area contributed by atoms with Gasteiger partial charge in [0.15, 0.2) is 0 Å². The molecule has 0 unspecified atom stereocenters.